The maximum atomic E-state index is 4.71. The Hall–Kier alpha value is -1.13. The van der Waals surface area contributed by atoms with Crippen molar-refractivity contribution >= 4 is 15.9 Å². The first-order valence-corrected chi connectivity index (χ1v) is 7.95. The van der Waals surface area contributed by atoms with E-state index in [0.717, 1.165) is 16.7 Å². The minimum Gasteiger partial charge on any atom is -0.312 e. The molecule has 3 nitrogen and oxygen atoms in total. The number of nitrogens with zero attached hydrogens (tertiary/aromatic N) is 2. The molecule has 1 N–H and O–H groups in total. The second-order valence-corrected chi connectivity index (χ2v) is 6.33. The maximum absolute atomic E-state index is 4.71. The number of hydrogen-bond acceptors (Lipinski definition) is 2. The van der Waals surface area contributed by atoms with Crippen molar-refractivity contribution in [1.82, 2.24) is 15.1 Å². The Bertz CT molecular complexity index is 587. The fraction of sp³-hybridized carbons (Fsp3) is 0.438. The molecule has 0 amide bonds. The van der Waals surface area contributed by atoms with Crippen LogP contribution in [0.15, 0.2) is 34.8 Å². The molecule has 1 aliphatic rings. The van der Waals surface area contributed by atoms with E-state index in [-0.39, 0.29) is 6.04 Å². The van der Waals surface area contributed by atoms with Crippen LogP contribution in [0.3, 0.4) is 0 Å². The number of halogens is 1. The lowest BCUT2D eigenvalue weighted by atomic mass is 10.1. The molecule has 4 heteroatoms. The van der Waals surface area contributed by atoms with Crippen LogP contribution in [0.25, 0.3) is 0 Å². The van der Waals surface area contributed by atoms with Crippen LogP contribution in [0, 0.1) is 13.8 Å². The summed E-state index contributed by atoms with van der Waals surface area (Å²) < 4.78 is 3.26. The van der Waals surface area contributed by atoms with Crippen LogP contribution in [-0.4, -0.2) is 22.4 Å². The third-order valence-corrected chi connectivity index (χ3v) is 5.04. The summed E-state index contributed by atoms with van der Waals surface area (Å²) in [4.78, 5) is 0. The maximum Gasteiger partial charge on any atom is 0.0896 e. The number of nitrogens with one attached hydrogen (secondary N) is 1. The van der Waals surface area contributed by atoms with Crippen LogP contribution in [0.1, 0.15) is 35.8 Å². The molecular weight excluding hydrogens is 314 g/mol. The van der Waals surface area contributed by atoms with Crippen LogP contribution in [-0.2, 0) is 0 Å². The molecule has 20 heavy (non-hydrogen) atoms. The lowest BCUT2D eigenvalue weighted by Crippen LogP contribution is -2.29. The Morgan fingerprint density at radius 3 is 2.55 bits per heavy atom. The quantitative estimate of drug-likeness (QED) is 0.905. The predicted octanol–water partition coefficient (Wildman–Crippen LogP) is 3.60. The van der Waals surface area contributed by atoms with Crippen molar-refractivity contribution in [1.29, 1.82) is 0 Å². The van der Waals surface area contributed by atoms with E-state index in [1.807, 2.05) is 6.92 Å². The third kappa shape index (κ3) is 2.81. The summed E-state index contributed by atoms with van der Waals surface area (Å²) in [5.41, 5.74) is 3.54. The molecule has 0 radical (unpaired) electrons. The topological polar surface area (TPSA) is 29.9 Å². The molecule has 0 aliphatic heterocycles. The molecule has 106 valence electrons. The van der Waals surface area contributed by atoms with Gasteiger partial charge in [0.15, 0.2) is 0 Å². The van der Waals surface area contributed by atoms with Crippen LogP contribution < -0.4 is 5.32 Å². The van der Waals surface area contributed by atoms with Gasteiger partial charge >= 0.3 is 0 Å². The standard InChI is InChI=1S/C16H20BrN3/c1-11-16(17)12(2)20(19-11)15(10-18-14-8-9-14)13-6-4-3-5-7-13/h3-7,14-15,18H,8-10H2,1-2H3. The lowest BCUT2D eigenvalue weighted by Gasteiger charge is -2.20. The number of hydrogen-bond donors (Lipinski definition) is 1. The van der Waals surface area contributed by atoms with Crippen molar-refractivity contribution in [2.75, 3.05) is 6.54 Å². The summed E-state index contributed by atoms with van der Waals surface area (Å²) in [5.74, 6) is 0. The van der Waals surface area contributed by atoms with Crippen molar-refractivity contribution < 1.29 is 0 Å². The van der Waals surface area contributed by atoms with Crippen molar-refractivity contribution in [3.05, 3.63) is 51.8 Å². The molecule has 1 atom stereocenters. The summed E-state index contributed by atoms with van der Waals surface area (Å²) in [6, 6.07) is 11.6. The van der Waals surface area contributed by atoms with E-state index in [4.69, 9.17) is 5.10 Å². The number of aromatic nitrogens is 2. The molecular formula is C16H20BrN3. The van der Waals surface area contributed by atoms with Gasteiger partial charge in [0.25, 0.3) is 0 Å². The molecule has 1 aliphatic carbocycles. The molecule has 1 saturated carbocycles. The minimum absolute atomic E-state index is 0.252. The zero-order chi connectivity index (χ0) is 14.1. The van der Waals surface area contributed by atoms with Gasteiger partial charge in [0.05, 0.1) is 21.9 Å². The molecule has 0 spiro atoms. The Balaban J connectivity index is 1.93. The fourth-order valence-electron chi connectivity index (χ4n) is 2.53. The Kier molecular flexibility index (Phi) is 3.94. The van der Waals surface area contributed by atoms with Crippen molar-refractivity contribution in [3.8, 4) is 0 Å². The summed E-state index contributed by atoms with van der Waals surface area (Å²) in [6.45, 7) is 5.10. The molecule has 1 heterocycles. The average molecular weight is 334 g/mol. The normalized spacial score (nSPS) is 16.4. The van der Waals surface area contributed by atoms with Gasteiger partial charge in [0.2, 0.25) is 0 Å². The van der Waals surface area contributed by atoms with Crippen LogP contribution in [0.2, 0.25) is 0 Å². The second-order valence-electron chi connectivity index (χ2n) is 5.54. The van der Waals surface area contributed by atoms with E-state index < -0.39 is 0 Å². The number of rotatable bonds is 5. The van der Waals surface area contributed by atoms with Gasteiger partial charge in [0, 0.05) is 12.6 Å². The van der Waals surface area contributed by atoms with E-state index in [9.17, 15) is 0 Å². The highest BCUT2D eigenvalue weighted by Gasteiger charge is 2.25. The predicted molar refractivity (Wildman–Crippen MR) is 85.0 cm³/mol. The van der Waals surface area contributed by atoms with Crippen LogP contribution in [0.5, 0.6) is 0 Å². The zero-order valence-corrected chi connectivity index (χ0v) is 13.5. The fourth-order valence-corrected chi connectivity index (χ4v) is 2.79. The minimum atomic E-state index is 0.252. The SMILES string of the molecule is Cc1nn(C(CNC2CC2)c2ccccc2)c(C)c1Br. The molecule has 1 unspecified atom stereocenters. The smallest absolute Gasteiger partial charge is 0.0896 e. The molecule has 1 aromatic heterocycles. The second kappa shape index (κ2) is 5.70. The summed E-state index contributed by atoms with van der Waals surface area (Å²) in [5, 5.41) is 8.35. The first-order chi connectivity index (χ1) is 9.66. The van der Waals surface area contributed by atoms with Gasteiger partial charge in [-0.1, -0.05) is 30.3 Å². The van der Waals surface area contributed by atoms with Gasteiger partial charge in [-0.2, -0.15) is 5.10 Å². The average Bonchev–Trinajstić information content (AvgIpc) is 3.26. The van der Waals surface area contributed by atoms with Gasteiger partial charge in [-0.25, -0.2) is 0 Å². The van der Waals surface area contributed by atoms with Crippen molar-refractivity contribution in [2.24, 2.45) is 0 Å². The van der Waals surface area contributed by atoms with E-state index in [1.54, 1.807) is 0 Å². The first-order valence-electron chi connectivity index (χ1n) is 7.16. The van der Waals surface area contributed by atoms with Gasteiger partial charge in [-0.3, -0.25) is 4.68 Å². The van der Waals surface area contributed by atoms with Gasteiger partial charge in [-0.05, 0) is 48.2 Å². The largest absolute Gasteiger partial charge is 0.312 e. The summed E-state index contributed by atoms with van der Waals surface area (Å²) >= 11 is 3.63. The van der Waals surface area contributed by atoms with Gasteiger partial charge in [0.1, 0.15) is 0 Å². The van der Waals surface area contributed by atoms with Crippen molar-refractivity contribution in [3.63, 3.8) is 0 Å². The first kappa shape index (κ1) is 13.8. The summed E-state index contributed by atoms with van der Waals surface area (Å²) in [7, 11) is 0. The van der Waals surface area contributed by atoms with Crippen LogP contribution >= 0.6 is 15.9 Å². The summed E-state index contributed by atoms with van der Waals surface area (Å²) in [6.07, 6.45) is 2.62. The van der Waals surface area contributed by atoms with Gasteiger partial charge < -0.3 is 5.32 Å². The zero-order valence-electron chi connectivity index (χ0n) is 11.9. The van der Waals surface area contributed by atoms with Crippen LogP contribution in [0.4, 0.5) is 0 Å². The Morgan fingerprint density at radius 2 is 2.00 bits per heavy atom. The van der Waals surface area contributed by atoms with Gasteiger partial charge in [-0.15, -0.1) is 0 Å². The molecule has 3 rings (SSSR count). The molecule has 0 saturated heterocycles. The third-order valence-electron chi connectivity index (χ3n) is 3.89. The van der Waals surface area contributed by atoms with E-state index in [0.29, 0.717) is 6.04 Å². The van der Waals surface area contributed by atoms with E-state index >= 15 is 0 Å². The lowest BCUT2D eigenvalue weighted by molar-refractivity contribution is 0.468. The highest BCUT2D eigenvalue weighted by molar-refractivity contribution is 9.10. The van der Waals surface area contributed by atoms with E-state index in [2.05, 4.69) is 63.2 Å². The Labute approximate surface area is 128 Å². The molecule has 1 aromatic carbocycles. The number of aryl methyl sites for hydroxylation is 1. The number of benzene rings is 1. The van der Waals surface area contributed by atoms with Crippen molar-refractivity contribution in [2.45, 2.75) is 38.8 Å². The Morgan fingerprint density at radius 1 is 1.30 bits per heavy atom. The highest BCUT2D eigenvalue weighted by Crippen LogP contribution is 2.27. The molecule has 0 bridgehead atoms. The molecule has 2 aromatic rings. The van der Waals surface area contributed by atoms with E-state index in [1.165, 1.54) is 24.1 Å². The highest BCUT2D eigenvalue weighted by atomic mass is 79.9. The monoisotopic (exact) mass is 333 g/mol. The molecule has 1 fully saturated rings.